The molecule has 0 bridgehead atoms. The Morgan fingerprint density at radius 1 is 1.61 bits per heavy atom. The lowest BCUT2D eigenvalue weighted by atomic mass is 9.84. The van der Waals surface area contributed by atoms with Crippen LogP contribution in [0.3, 0.4) is 0 Å². The van der Waals surface area contributed by atoms with Gasteiger partial charge < -0.3 is 14.6 Å². The second-order valence-electron chi connectivity index (χ2n) is 5.17. The Kier molecular flexibility index (Phi) is 3.71. The number of hydrogen-bond acceptors (Lipinski definition) is 3. The van der Waals surface area contributed by atoms with Gasteiger partial charge in [0, 0.05) is 39.0 Å². The van der Waals surface area contributed by atoms with Gasteiger partial charge >= 0.3 is 5.97 Å². The molecular formula is C13H21N3O2. The Bertz CT molecular complexity index is 430. The molecule has 1 saturated heterocycles. The predicted molar refractivity (Wildman–Crippen MR) is 68.3 cm³/mol. The maximum atomic E-state index is 11.3. The Hall–Kier alpha value is -1.36. The molecule has 18 heavy (non-hydrogen) atoms. The smallest absolute Gasteiger partial charge is 0.310 e. The normalized spacial score (nSPS) is 24.6. The van der Waals surface area contributed by atoms with Crippen molar-refractivity contribution in [2.75, 3.05) is 19.6 Å². The van der Waals surface area contributed by atoms with Crippen molar-refractivity contribution in [3.63, 3.8) is 0 Å². The Balaban J connectivity index is 1.90. The summed E-state index contributed by atoms with van der Waals surface area (Å²) in [6, 6.07) is 0. The highest BCUT2D eigenvalue weighted by molar-refractivity contribution is 5.75. The largest absolute Gasteiger partial charge is 0.481 e. The van der Waals surface area contributed by atoms with Crippen molar-refractivity contribution >= 4 is 5.97 Å². The number of carboxylic acid groups (broad SMARTS) is 1. The summed E-state index contributed by atoms with van der Waals surface area (Å²) in [7, 11) is 1.99. The van der Waals surface area contributed by atoms with Crippen LogP contribution in [0.4, 0.5) is 0 Å². The number of carbonyl (C=O) groups is 1. The number of hydrogen-bond donors (Lipinski definition) is 1. The summed E-state index contributed by atoms with van der Waals surface area (Å²) in [6.07, 6.45) is 6.09. The van der Waals surface area contributed by atoms with Crippen LogP contribution >= 0.6 is 0 Å². The van der Waals surface area contributed by atoms with Crippen LogP contribution in [-0.2, 0) is 18.3 Å². The molecule has 1 aliphatic heterocycles. The molecule has 0 spiro atoms. The first-order valence-electron chi connectivity index (χ1n) is 6.49. The molecule has 1 fully saturated rings. The number of imidazole rings is 1. The van der Waals surface area contributed by atoms with Gasteiger partial charge in [-0.3, -0.25) is 4.79 Å². The lowest BCUT2D eigenvalue weighted by molar-refractivity contribution is -0.148. The van der Waals surface area contributed by atoms with Crippen molar-refractivity contribution in [3.05, 3.63) is 18.2 Å². The standard InChI is InChI=1S/C13H21N3O2/c1-3-13(12(17)18)5-8-16(10-13)7-4-11-14-6-9-15(11)2/h6,9H,3-5,7-8,10H2,1-2H3,(H,17,18). The average molecular weight is 251 g/mol. The second kappa shape index (κ2) is 5.10. The topological polar surface area (TPSA) is 58.4 Å². The molecule has 0 aliphatic carbocycles. The molecule has 0 radical (unpaired) electrons. The summed E-state index contributed by atoms with van der Waals surface area (Å²) in [6.45, 7) is 4.41. The zero-order chi connectivity index (χ0) is 13.2. The highest BCUT2D eigenvalue weighted by Crippen LogP contribution is 2.34. The van der Waals surface area contributed by atoms with Crippen LogP contribution in [-0.4, -0.2) is 45.2 Å². The summed E-state index contributed by atoms with van der Waals surface area (Å²) in [5.41, 5.74) is -0.526. The van der Waals surface area contributed by atoms with Crippen molar-refractivity contribution in [1.82, 2.24) is 14.5 Å². The lowest BCUT2D eigenvalue weighted by Crippen LogP contribution is -2.34. The van der Waals surface area contributed by atoms with Crippen LogP contribution in [0, 0.1) is 5.41 Å². The Morgan fingerprint density at radius 2 is 2.39 bits per heavy atom. The molecular weight excluding hydrogens is 230 g/mol. The number of aryl methyl sites for hydroxylation is 1. The van der Waals surface area contributed by atoms with Gasteiger partial charge in [-0.1, -0.05) is 6.92 Å². The minimum Gasteiger partial charge on any atom is -0.481 e. The first kappa shape index (κ1) is 13.1. The third kappa shape index (κ3) is 2.41. The summed E-state index contributed by atoms with van der Waals surface area (Å²) >= 11 is 0. The first-order chi connectivity index (χ1) is 8.57. The molecule has 1 aromatic rings. The van der Waals surface area contributed by atoms with E-state index in [1.807, 2.05) is 24.7 Å². The summed E-state index contributed by atoms with van der Waals surface area (Å²) in [5.74, 6) is 0.406. The molecule has 1 aliphatic rings. The Labute approximate surface area is 107 Å². The van der Waals surface area contributed by atoms with E-state index in [1.165, 1.54) is 0 Å². The van der Waals surface area contributed by atoms with E-state index in [2.05, 4.69) is 9.88 Å². The molecule has 1 atom stereocenters. The molecule has 1 N–H and O–H groups in total. The second-order valence-corrected chi connectivity index (χ2v) is 5.17. The van der Waals surface area contributed by atoms with Crippen molar-refractivity contribution in [3.8, 4) is 0 Å². The zero-order valence-corrected chi connectivity index (χ0v) is 11.1. The van der Waals surface area contributed by atoms with Gasteiger partial charge in [-0.15, -0.1) is 0 Å². The number of carboxylic acids is 1. The van der Waals surface area contributed by atoms with Gasteiger partial charge in [-0.25, -0.2) is 4.98 Å². The SMILES string of the molecule is CCC1(C(=O)O)CCN(CCc2nccn2C)C1. The zero-order valence-electron chi connectivity index (χ0n) is 11.1. The number of rotatable bonds is 5. The summed E-state index contributed by atoms with van der Waals surface area (Å²) < 4.78 is 2.01. The number of aromatic nitrogens is 2. The highest BCUT2D eigenvalue weighted by Gasteiger charge is 2.42. The van der Waals surface area contributed by atoms with Gasteiger partial charge in [-0.2, -0.15) is 0 Å². The molecule has 2 rings (SSSR count). The molecule has 0 saturated carbocycles. The molecule has 0 aromatic carbocycles. The maximum Gasteiger partial charge on any atom is 0.310 e. The van der Waals surface area contributed by atoms with Crippen LogP contribution in [0.2, 0.25) is 0 Å². The van der Waals surface area contributed by atoms with E-state index >= 15 is 0 Å². The van der Waals surface area contributed by atoms with Gasteiger partial charge in [-0.05, 0) is 19.4 Å². The summed E-state index contributed by atoms with van der Waals surface area (Å²) in [5, 5.41) is 9.33. The van der Waals surface area contributed by atoms with E-state index in [0.29, 0.717) is 13.0 Å². The van der Waals surface area contributed by atoms with Gasteiger partial charge in [0.1, 0.15) is 5.82 Å². The third-order valence-electron chi connectivity index (χ3n) is 4.14. The van der Waals surface area contributed by atoms with E-state index in [9.17, 15) is 9.90 Å². The molecule has 1 unspecified atom stereocenters. The third-order valence-corrected chi connectivity index (χ3v) is 4.14. The maximum absolute atomic E-state index is 11.3. The van der Waals surface area contributed by atoms with Gasteiger partial charge in [0.05, 0.1) is 5.41 Å². The lowest BCUT2D eigenvalue weighted by Gasteiger charge is -2.23. The minimum atomic E-state index is -0.649. The number of likely N-dealkylation sites (tertiary alicyclic amines) is 1. The van der Waals surface area contributed by atoms with Gasteiger partial charge in [0.2, 0.25) is 0 Å². The summed E-state index contributed by atoms with van der Waals surface area (Å²) in [4.78, 5) is 17.9. The van der Waals surface area contributed by atoms with Crippen LogP contribution in [0.25, 0.3) is 0 Å². The fraction of sp³-hybridized carbons (Fsp3) is 0.692. The fourth-order valence-corrected chi connectivity index (χ4v) is 2.66. The van der Waals surface area contributed by atoms with E-state index in [4.69, 9.17) is 0 Å². The molecule has 1 aromatic heterocycles. The highest BCUT2D eigenvalue weighted by atomic mass is 16.4. The average Bonchev–Trinajstić information content (AvgIpc) is 2.93. The molecule has 100 valence electrons. The van der Waals surface area contributed by atoms with E-state index in [-0.39, 0.29) is 0 Å². The molecule has 0 amide bonds. The van der Waals surface area contributed by atoms with Crippen LogP contribution in [0.5, 0.6) is 0 Å². The van der Waals surface area contributed by atoms with E-state index in [0.717, 1.165) is 31.8 Å². The number of aliphatic carboxylic acids is 1. The first-order valence-corrected chi connectivity index (χ1v) is 6.49. The van der Waals surface area contributed by atoms with Crippen LogP contribution < -0.4 is 0 Å². The minimum absolute atomic E-state index is 0.526. The monoisotopic (exact) mass is 251 g/mol. The van der Waals surface area contributed by atoms with Crippen LogP contribution in [0.1, 0.15) is 25.6 Å². The Morgan fingerprint density at radius 3 is 2.89 bits per heavy atom. The quantitative estimate of drug-likeness (QED) is 0.853. The molecule has 5 heteroatoms. The van der Waals surface area contributed by atoms with Crippen molar-refractivity contribution < 1.29 is 9.90 Å². The van der Waals surface area contributed by atoms with Gasteiger partial charge in [0.25, 0.3) is 0 Å². The predicted octanol–water partition coefficient (Wildman–Crippen LogP) is 1.15. The van der Waals surface area contributed by atoms with Crippen molar-refractivity contribution in [1.29, 1.82) is 0 Å². The fourth-order valence-electron chi connectivity index (χ4n) is 2.66. The molecule has 5 nitrogen and oxygen atoms in total. The van der Waals surface area contributed by atoms with E-state index < -0.39 is 11.4 Å². The molecule has 2 heterocycles. The van der Waals surface area contributed by atoms with Crippen LogP contribution in [0.15, 0.2) is 12.4 Å². The number of nitrogens with zero attached hydrogens (tertiary/aromatic N) is 3. The van der Waals surface area contributed by atoms with E-state index in [1.54, 1.807) is 6.20 Å². The van der Waals surface area contributed by atoms with Crippen molar-refractivity contribution in [2.24, 2.45) is 12.5 Å². The van der Waals surface area contributed by atoms with Crippen molar-refractivity contribution in [2.45, 2.75) is 26.2 Å². The van der Waals surface area contributed by atoms with Gasteiger partial charge in [0.15, 0.2) is 0 Å².